The number of nitrogens with zero attached hydrogens (tertiary/aromatic N) is 2. The van der Waals surface area contributed by atoms with Crippen LogP contribution in [0.15, 0.2) is 53.1 Å². The van der Waals surface area contributed by atoms with Gasteiger partial charge in [-0.2, -0.15) is 0 Å². The molecule has 3 aromatic rings. The zero-order valence-electron chi connectivity index (χ0n) is 13.8. The van der Waals surface area contributed by atoms with E-state index in [0.29, 0.717) is 6.61 Å². The zero-order valence-corrected chi connectivity index (χ0v) is 16.1. The Kier molecular flexibility index (Phi) is 5.49. The predicted molar refractivity (Wildman–Crippen MR) is 104 cm³/mol. The van der Waals surface area contributed by atoms with Gasteiger partial charge in [0.05, 0.1) is 5.52 Å². The number of fused-ring (bicyclic) bond motifs is 1. The maximum atomic E-state index is 6.21. The van der Waals surface area contributed by atoms with Gasteiger partial charge in [-0.15, -0.1) is 0 Å². The van der Waals surface area contributed by atoms with Crippen LogP contribution in [0.3, 0.4) is 0 Å². The topological polar surface area (TPSA) is 17.4 Å². The molecule has 0 amide bonds. The van der Waals surface area contributed by atoms with Gasteiger partial charge >= 0.3 is 0 Å². The first-order chi connectivity index (χ1) is 11.5. The monoisotopic (exact) mass is 406 g/mol. The summed E-state index contributed by atoms with van der Waals surface area (Å²) in [5.74, 6) is 0.899. The number of hydrogen-bond donors (Lipinski definition) is 0. The van der Waals surface area contributed by atoms with E-state index in [0.717, 1.165) is 39.2 Å². The molecular formula is C19H20BrClN2O. The molecule has 0 aliphatic heterocycles. The first-order valence-electron chi connectivity index (χ1n) is 7.84. The molecule has 2 aromatic carbocycles. The van der Waals surface area contributed by atoms with E-state index in [1.165, 1.54) is 5.56 Å². The van der Waals surface area contributed by atoms with Crippen molar-refractivity contribution in [3.05, 3.63) is 63.7 Å². The molecule has 3 nitrogen and oxygen atoms in total. The summed E-state index contributed by atoms with van der Waals surface area (Å²) in [6.45, 7) is 2.30. The van der Waals surface area contributed by atoms with Crippen LogP contribution in [0.4, 0.5) is 0 Å². The maximum Gasteiger partial charge on any atom is 0.144 e. The summed E-state index contributed by atoms with van der Waals surface area (Å²) in [6, 6.07) is 14.2. The molecule has 24 heavy (non-hydrogen) atoms. The lowest BCUT2D eigenvalue weighted by atomic mass is 10.2. The summed E-state index contributed by atoms with van der Waals surface area (Å²) in [6.07, 6.45) is 2.07. The Hall–Kier alpha value is -1.49. The second-order valence-corrected chi connectivity index (χ2v) is 7.32. The number of likely N-dealkylation sites (N-methyl/N-ethyl adjacent to an activating group) is 1. The quantitative estimate of drug-likeness (QED) is 0.569. The van der Waals surface area contributed by atoms with Gasteiger partial charge in [-0.1, -0.05) is 45.7 Å². The lowest BCUT2D eigenvalue weighted by molar-refractivity contribution is 0.263. The third-order valence-electron chi connectivity index (χ3n) is 3.90. The summed E-state index contributed by atoms with van der Waals surface area (Å²) < 4.78 is 9.29. The summed E-state index contributed by atoms with van der Waals surface area (Å²) in [4.78, 5) is 2.11. The molecule has 0 aliphatic carbocycles. The summed E-state index contributed by atoms with van der Waals surface area (Å²) in [5.41, 5.74) is 2.30. The summed E-state index contributed by atoms with van der Waals surface area (Å²) in [5, 5.41) is 1.82. The van der Waals surface area contributed by atoms with Crippen molar-refractivity contribution in [2.75, 3.05) is 27.2 Å². The second kappa shape index (κ2) is 7.60. The van der Waals surface area contributed by atoms with Gasteiger partial charge in [0.15, 0.2) is 0 Å². The van der Waals surface area contributed by atoms with Crippen LogP contribution in [0.2, 0.25) is 5.02 Å². The summed E-state index contributed by atoms with van der Waals surface area (Å²) >= 11 is 9.83. The van der Waals surface area contributed by atoms with Gasteiger partial charge < -0.3 is 14.2 Å². The Labute approximate surface area is 155 Å². The molecule has 0 N–H and O–H groups in total. The van der Waals surface area contributed by atoms with Gasteiger partial charge in [0.1, 0.15) is 12.4 Å². The molecule has 5 heteroatoms. The first-order valence-corrected chi connectivity index (χ1v) is 9.01. The van der Waals surface area contributed by atoms with Crippen LogP contribution in [-0.4, -0.2) is 36.7 Å². The van der Waals surface area contributed by atoms with E-state index in [-0.39, 0.29) is 0 Å². The van der Waals surface area contributed by atoms with Crippen LogP contribution >= 0.6 is 27.5 Å². The van der Waals surface area contributed by atoms with Gasteiger partial charge in [-0.05, 0) is 43.9 Å². The molecule has 1 aromatic heterocycles. The van der Waals surface area contributed by atoms with Crippen molar-refractivity contribution >= 4 is 38.4 Å². The van der Waals surface area contributed by atoms with E-state index in [2.05, 4.69) is 43.7 Å². The Bertz CT molecular complexity index is 844. The fourth-order valence-corrected chi connectivity index (χ4v) is 3.20. The molecule has 126 valence electrons. The standard InChI is InChI=1S/C19H20BrClN2O/c1-22(2)9-10-24-19-13-23(12-14-5-3-4-6-17(14)20)18-11-15(21)7-8-16(18)19/h3-8,11,13H,9-10,12H2,1-2H3. The maximum absolute atomic E-state index is 6.21. The molecule has 0 bridgehead atoms. The van der Waals surface area contributed by atoms with Crippen molar-refractivity contribution in [3.63, 3.8) is 0 Å². The van der Waals surface area contributed by atoms with E-state index in [9.17, 15) is 0 Å². The van der Waals surface area contributed by atoms with E-state index in [1.54, 1.807) is 0 Å². The fraction of sp³-hybridized carbons (Fsp3) is 0.263. The zero-order chi connectivity index (χ0) is 17.1. The van der Waals surface area contributed by atoms with Crippen LogP contribution in [0.1, 0.15) is 5.56 Å². The highest BCUT2D eigenvalue weighted by Gasteiger charge is 2.12. The van der Waals surface area contributed by atoms with Crippen LogP contribution < -0.4 is 4.74 Å². The van der Waals surface area contributed by atoms with E-state index in [1.807, 2.05) is 44.4 Å². The average Bonchev–Trinajstić information content (AvgIpc) is 2.86. The molecular weight excluding hydrogens is 388 g/mol. The van der Waals surface area contributed by atoms with Crippen molar-refractivity contribution in [1.29, 1.82) is 0 Å². The van der Waals surface area contributed by atoms with Crippen LogP contribution in [0, 0.1) is 0 Å². The fourth-order valence-electron chi connectivity index (χ4n) is 2.63. The van der Waals surface area contributed by atoms with E-state index >= 15 is 0 Å². The van der Waals surface area contributed by atoms with Crippen molar-refractivity contribution in [3.8, 4) is 5.75 Å². The molecule has 0 saturated carbocycles. The second-order valence-electron chi connectivity index (χ2n) is 6.03. The molecule has 0 saturated heterocycles. The Balaban J connectivity index is 1.94. The van der Waals surface area contributed by atoms with Gasteiger partial charge in [0, 0.05) is 34.2 Å². The number of ether oxygens (including phenoxy) is 1. The van der Waals surface area contributed by atoms with Gasteiger partial charge in [-0.25, -0.2) is 0 Å². The smallest absolute Gasteiger partial charge is 0.144 e. The molecule has 3 rings (SSSR count). The number of hydrogen-bond acceptors (Lipinski definition) is 2. The molecule has 0 fully saturated rings. The number of aromatic nitrogens is 1. The van der Waals surface area contributed by atoms with Crippen LogP contribution in [0.25, 0.3) is 10.9 Å². The Morgan fingerprint density at radius 1 is 1.17 bits per heavy atom. The third-order valence-corrected chi connectivity index (χ3v) is 4.91. The largest absolute Gasteiger partial charge is 0.490 e. The van der Waals surface area contributed by atoms with Crippen molar-refractivity contribution in [1.82, 2.24) is 9.47 Å². The van der Waals surface area contributed by atoms with Gasteiger partial charge in [0.2, 0.25) is 0 Å². The minimum absolute atomic E-state index is 0.657. The Morgan fingerprint density at radius 3 is 2.71 bits per heavy atom. The first kappa shape index (κ1) is 17.3. The third kappa shape index (κ3) is 3.94. The lowest BCUT2D eigenvalue weighted by Crippen LogP contribution is -2.19. The van der Waals surface area contributed by atoms with Crippen LogP contribution in [-0.2, 0) is 6.54 Å². The van der Waals surface area contributed by atoms with Crippen molar-refractivity contribution < 1.29 is 4.74 Å². The molecule has 0 unspecified atom stereocenters. The molecule has 0 atom stereocenters. The minimum atomic E-state index is 0.657. The lowest BCUT2D eigenvalue weighted by Gasteiger charge is -2.10. The average molecular weight is 408 g/mol. The molecule has 0 aliphatic rings. The number of rotatable bonds is 6. The number of halogens is 2. The minimum Gasteiger partial charge on any atom is -0.490 e. The SMILES string of the molecule is CN(C)CCOc1cn(Cc2ccccc2Br)c2cc(Cl)ccc12. The van der Waals surface area contributed by atoms with Crippen molar-refractivity contribution in [2.24, 2.45) is 0 Å². The predicted octanol–water partition coefficient (Wildman–Crippen LogP) is 5.05. The van der Waals surface area contributed by atoms with Gasteiger partial charge in [-0.3, -0.25) is 0 Å². The van der Waals surface area contributed by atoms with E-state index < -0.39 is 0 Å². The highest BCUT2D eigenvalue weighted by atomic mass is 79.9. The van der Waals surface area contributed by atoms with Crippen molar-refractivity contribution in [2.45, 2.75) is 6.54 Å². The molecule has 0 radical (unpaired) electrons. The Morgan fingerprint density at radius 2 is 1.96 bits per heavy atom. The highest BCUT2D eigenvalue weighted by molar-refractivity contribution is 9.10. The van der Waals surface area contributed by atoms with Gasteiger partial charge in [0.25, 0.3) is 0 Å². The molecule has 0 spiro atoms. The molecule has 1 heterocycles. The highest BCUT2D eigenvalue weighted by Crippen LogP contribution is 2.31. The van der Waals surface area contributed by atoms with E-state index in [4.69, 9.17) is 16.3 Å². The number of benzene rings is 2. The summed E-state index contributed by atoms with van der Waals surface area (Å²) in [7, 11) is 4.08. The normalized spacial score (nSPS) is 11.4. The van der Waals surface area contributed by atoms with Crippen LogP contribution in [0.5, 0.6) is 5.75 Å².